The summed E-state index contributed by atoms with van der Waals surface area (Å²) in [5.41, 5.74) is 0. The fourth-order valence-corrected chi connectivity index (χ4v) is 2.33. The smallest absolute Gasteiger partial charge is 0.231 e. The molecule has 0 unspecified atom stereocenters. The van der Waals surface area contributed by atoms with Gasteiger partial charge in [0.1, 0.15) is 5.78 Å². The van der Waals surface area contributed by atoms with Gasteiger partial charge in [0.05, 0.1) is 19.0 Å². The van der Waals surface area contributed by atoms with Crippen molar-refractivity contribution in [2.75, 3.05) is 31.8 Å². The zero-order valence-corrected chi connectivity index (χ0v) is 12.2. The van der Waals surface area contributed by atoms with Crippen LogP contribution in [0.3, 0.4) is 0 Å². The molecule has 18 heavy (non-hydrogen) atoms. The van der Waals surface area contributed by atoms with Gasteiger partial charge in [-0.1, -0.05) is 6.92 Å². The SMILES string of the molecule is CCC(=O)CCOCCNC(=O)CSS(C)(=O)=O. The summed E-state index contributed by atoms with van der Waals surface area (Å²) >= 11 is 0. The van der Waals surface area contributed by atoms with Gasteiger partial charge in [0, 0.05) is 25.6 Å². The van der Waals surface area contributed by atoms with Crippen molar-refractivity contribution in [3.8, 4) is 0 Å². The van der Waals surface area contributed by atoms with E-state index in [9.17, 15) is 18.0 Å². The van der Waals surface area contributed by atoms with Crippen LogP contribution in [0.2, 0.25) is 0 Å². The van der Waals surface area contributed by atoms with Crippen molar-refractivity contribution in [3.63, 3.8) is 0 Å². The molecule has 0 fully saturated rings. The van der Waals surface area contributed by atoms with Crippen molar-refractivity contribution >= 4 is 31.4 Å². The molecule has 8 heteroatoms. The van der Waals surface area contributed by atoms with E-state index in [0.717, 1.165) is 6.26 Å². The van der Waals surface area contributed by atoms with Crippen LogP contribution in [-0.4, -0.2) is 51.9 Å². The first-order valence-corrected chi connectivity index (χ1v) is 8.95. The van der Waals surface area contributed by atoms with Crippen LogP contribution < -0.4 is 5.32 Å². The fraction of sp³-hybridized carbons (Fsp3) is 0.800. The van der Waals surface area contributed by atoms with Crippen molar-refractivity contribution < 1.29 is 22.7 Å². The number of amides is 1. The molecular formula is C10H19NO5S2. The maximum atomic E-state index is 11.2. The van der Waals surface area contributed by atoms with Crippen LogP contribution in [-0.2, 0) is 23.2 Å². The summed E-state index contributed by atoms with van der Waals surface area (Å²) in [6.07, 6.45) is 1.94. The number of ether oxygens (including phenoxy) is 1. The Bertz CT molecular complexity index is 366. The van der Waals surface area contributed by atoms with Gasteiger partial charge in [-0.2, -0.15) is 0 Å². The van der Waals surface area contributed by atoms with Crippen molar-refractivity contribution in [3.05, 3.63) is 0 Å². The summed E-state index contributed by atoms with van der Waals surface area (Å²) in [6.45, 7) is 2.76. The minimum absolute atomic E-state index is 0.118. The van der Waals surface area contributed by atoms with E-state index in [0.29, 0.717) is 43.4 Å². The molecule has 1 amide bonds. The lowest BCUT2D eigenvalue weighted by atomic mass is 10.2. The molecule has 0 saturated heterocycles. The number of ketones is 1. The van der Waals surface area contributed by atoms with Crippen LogP contribution in [0.25, 0.3) is 0 Å². The Morgan fingerprint density at radius 1 is 1.28 bits per heavy atom. The Morgan fingerprint density at radius 2 is 1.94 bits per heavy atom. The number of hydrogen-bond acceptors (Lipinski definition) is 6. The molecule has 0 saturated carbocycles. The predicted octanol–water partition coefficient (Wildman–Crippen LogP) is 0.181. The Balaban J connectivity index is 3.44. The molecule has 0 rings (SSSR count). The lowest BCUT2D eigenvalue weighted by Crippen LogP contribution is -2.29. The first-order valence-electron chi connectivity index (χ1n) is 5.55. The topological polar surface area (TPSA) is 89.5 Å². The molecule has 0 radical (unpaired) electrons. The molecular weight excluding hydrogens is 278 g/mol. The second-order valence-corrected chi connectivity index (χ2v) is 8.03. The van der Waals surface area contributed by atoms with E-state index in [1.165, 1.54) is 0 Å². The van der Waals surface area contributed by atoms with E-state index in [2.05, 4.69) is 5.32 Å². The largest absolute Gasteiger partial charge is 0.379 e. The third kappa shape index (κ3) is 11.9. The van der Waals surface area contributed by atoms with Gasteiger partial charge >= 0.3 is 0 Å². The van der Waals surface area contributed by atoms with E-state index in [1.54, 1.807) is 6.92 Å². The number of hydrogen-bond donors (Lipinski definition) is 1. The molecule has 0 heterocycles. The van der Waals surface area contributed by atoms with E-state index in [-0.39, 0.29) is 17.4 Å². The normalized spacial score (nSPS) is 11.2. The van der Waals surface area contributed by atoms with Gasteiger partial charge in [0.2, 0.25) is 5.91 Å². The zero-order chi connectivity index (χ0) is 14.0. The van der Waals surface area contributed by atoms with Gasteiger partial charge in [-0.05, 0) is 10.8 Å². The number of nitrogens with one attached hydrogen (secondary N) is 1. The molecule has 6 nitrogen and oxygen atoms in total. The maximum absolute atomic E-state index is 11.2. The molecule has 0 atom stereocenters. The minimum Gasteiger partial charge on any atom is -0.379 e. The molecule has 1 N–H and O–H groups in total. The van der Waals surface area contributed by atoms with Gasteiger partial charge in [-0.15, -0.1) is 0 Å². The Hall–Kier alpha value is -0.600. The first-order chi connectivity index (χ1) is 8.35. The highest BCUT2D eigenvalue weighted by Crippen LogP contribution is 2.07. The lowest BCUT2D eigenvalue weighted by Gasteiger charge is -2.05. The van der Waals surface area contributed by atoms with Crippen molar-refractivity contribution in [2.24, 2.45) is 0 Å². The molecule has 0 aromatic carbocycles. The van der Waals surface area contributed by atoms with E-state index in [4.69, 9.17) is 4.74 Å². The van der Waals surface area contributed by atoms with Gasteiger partial charge in [-0.3, -0.25) is 9.59 Å². The molecule has 106 valence electrons. The minimum atomic E-state index is -3.18. The number of carbonyl (C=O) groups excluding carboxylic acids is 2. The molecule has 0 spiro atoms. The standard InChI is InChI=1S/C10H19NO5S2/c1-3-9(12)4-6-16-7-5-11-10(13)8-17-18(2,14)15/h3-8H2,1-2H3,(H,11,13). The van der Waals surface area contributed by atoms with Crippen LogP contribution in [0.1, 0.15) is 19.8 Å². The van der Waals surface area contributed by atoms with E-state index < -0.39 is 8.87 Å². The maximum Gasteiger partial charge on any atom is 0.231 e. The average molecular weight is 297 g/mol. The number of Topliss-reactive ketones (excluding diaryl/α,β-unsaturated/α-hetero) is 1. The summed E-state index contributed by atoms with van der Waals surface area (Å²) < 4.78 is 26.7. The fourth-order valence-electron chi connectivity index (χ4n) is 0.939. The van der Waals surface area contributed by atoms with E-state index >= 15 is 0 Å². The van der Waals surface area contributed by atoms with Crippen molar-refractivity contribution in [2.45, 2.75) is 19.8 Å². The van der Waals surface area contributed by atoms with Crippen LogP contribution in [0.4, 0.5) is 0 Å². The summed E-state index contributed by atoms with van der Waals surface area (Å²) in [5, 5.41) is 2.52. The summed E-state index contributed by atoms with van der Waals surface area (Å²) in [4.78, 5) is 22.1. The summed E-state index contributed by atoms with van der Waals surface area (Å²) in [5.74, 6) is -0.324. The quantitative estimate of drug-likeness (QED) is 0.457. The van der Waals surface area contributed by atoms with Crippen molar-refractivity contribution in [1.82, 2.24) is 5.32 Å². The second-order valence-electron chi connectivity index (χ2n) is 3.57. The second kappa shape index (κ2) is 9.35. The lowest BCUT2D eigenvalue weighted by molar-refractivity contribution is -0.120. The monoisotopic (exact) mass is 297 g/mol. The molecule has 0 aliphatic rings. The van der Waals surface area contributed by atoms with E-state index in [1.807, 2.05) is 0 Å². The molecule has 0 aliphatic heterocycles. The van der Waals surface area contributed by atoms with Crippen molar-refractivity contribution in [1.29, 1.82) is 0 Å². The van der Waals surface area contributed by atoms with Gasteiger partial charge in [0.25, 0.3) is 0 Å². The Kier molecular flexibility index (Phi) is 9.03. The Morgan fingerprint density at radius 3 is 2.50 bits per heavy atom. The van der Waals surface area contributed by atoms with Crippen LogP contribution in [0.15, 0.2) is 0 Å². The molecule has 0 aliphatic carbocycles. The van der Waals surface area contributed by atoms with Gasteiger partial charge in [-0.25, -0.2) is 8.42 Å². The van der Waals surface area contributed by atoms with Gasteiger partial charge in [0.15, 0.2) is 8.87 Å². The highest BCUT2D eigenvalue weighted by atomic mass is 33.1. The number of rotatable bonds is 10. The third-order valence-electron chi connectivity index (χ3n) is 1.89. The number of carbonyl (C=O) groups is 2. The van der Waals surface area contributed by atoms with Crippen LogP contribution >= 0.6 is 10.8 Å². The highest BCUT2D eigenvalue weighted by Gasteiger charge is 2.07. The van der Waals surface area contributed by atoms with Crippen LogP contribution in [0.5, 0.6) is 0 Å². The summed E-state index contributed by atoms with van der Waals surface area (Å²) in [7, 11) is -2.59. The third-order valence-corrected chi connectivity index (χ3v) is 4.34. The van der Waals surface area contributed by atoms with Gasteiger partial charge < -0.3 is 10.1 Å². The molecule has 0 aromatic heterocycles. The summed E-state index contributed by atoms with van der Waals surface area (Å²) in [6, 6.07) is 0. The Labute approximate surface area is 111 Å². The predicted molar refractivity (Wildman–Crippen MR) is 71.0 cm³/mol. The average Bonchev–Trinajstić information content (AvgIpc) is 2.29. The molecule has 0 bridgehead atoms. The zero-order valence-electron chi connectivity index (χ0n) is 10.6. The van der Waals surface area contributed by atoms with Crippen LogP contribution in [0, 0.1) is 0 Å². The first kappa shape index (κ1) is 17.4. The molecule has 0 aromatic rings. The highest BCUT2D eigenvalue weighted by molar-refractivity contribution is 8.72.